The molecule has 0 aliphatic heterocycles. The highest BCUT2D eigenvalue weighted by atomic mass is 79.9. The van der Waals surface area contributed by atoms with E-state index in [0.717, 1.165) is 11.8 Å². The fourth-order valence-corrected chi connectivity index (χ4v) is 1.90. The average molecular weight is 221 g/mol. The minimum absolute atomic E-state index is 0.906. The smallest absolute Gasteiger partial charge is 0.00595 e. The summed E-state index contributed by atoms with van der Waals surface area (Å²) in [5.74, 6) is 1.83. The van der Waals surface area contributed by atoms with Gasteiger partial charge in [0.2, 0.25) is 0 Å². The van der Waals surface area contributed by atoms with Crippen LogP contribution in [-0.2, 0) is 0 Å². The SMILES string of the molecule is CCC(C)CCC(CC)CBr. The molecule has 0 spiro atoms. The van der Waals surface area contributed by atoms with Gasteiger partial charge < -0.3 is 0 Å². The molecular formula is C10H21Br. The Bertz CT molecular complexity index is 76.9. The molecule has 0 aliphatic rings. The molecule has 0 N–H and O–H groups in total. The quantitative estimate of drug-likeness (QED) is 0.588. The van der Waals surface area contributed by atoms with Crippen molar-refractivity contribution in [1.29, 1.82) is 0 Å². The molecule has 0 aromatic heterocycles. The van der Waals surface area contributed by atoms with Crippen LogP contribution in [0.25, 0.3) is 0 Å². The van der Waals surface area contributed by atoms with Crippen molar-refractivity contribution in [1.82, 2.24) is 0 Å². The maximum absolute atomic E-state index is 3.55. The first-order chi connectivity index (χ1) is 5.24. The molecule has 0 heterocycles. The van der Waals surface area contributed by atoms with Gasteiger partial charge in [0, 0.05) is 5.33 Å². The molecule has 2 unspecified atom stereocenters. The van der Waals surface area contributed by atoms with Crippen LogP contribution >= 0.6 is 15.9 Å². The summed E-state index contributed by atoms with van der Waals surface area (Å²) in [6.07, 6.45) is 5.46. The summed E-state index contributed by atoms with van der Waals surface area (Å²) >= 11 is 3.55. The Kier molecular flexibility index (Phi) is 7.46. The largest absolute Gasteiger partial charge is 0.0925 e. The number of hydrogen-bond donors (Lipinski definition) is 0. The van der Waals surface area contributed by atoms with Crippen LogP contribution in [0, 0.1) is 11.8 Å². The van der Waals surface area contributed by atoms with Crippen molar-refractivity contribution in [3.63, 3.8) is 0 Å². The van der Waals surface area contributed by atoms with Crippen molar-refractivity contribution in [2.75, 3.05) is 5.33 Å². The molecule has 2 atom stereocenters. The van der Waals surface area contributed by atoms with E-state index in [4.69, 9.17) is 0 Å². The minimum atomic E-state index is 0.906. The lowest BCUT2D eigenvalue weighted by Crippen LogP contribution is -2.03. The van der Waals surface area contributed by atoms with Crippen LogP contribution in [0.4, 0.5) is 0 Å². The molecule has 0 rings (SSSR count). The van der Waals surface area contributed by atoms with Crippen molar-refractivity contribution in [2.45, 2.75) is 46.5 Å². The van der Waals surface area contributed by atoms with Crippen molar-refractivity contribution in [3.8, 4) is 0 Å². The van der Waals surface area contributed by atoms with E-state index in [1.54, 1.807) is 0 Å². The Labute approximate surface area is 79.9 Å². The maximum atomic E-state index is 3.55. The lowest BCUT2D eigenvalue weighted by molar-refractivity contribution is 0.421. The van der Waals surface area contributed by atoms with Gasteiger partial charge in [-0.25, -0.2) is 0 Å². The summed E-state index contributed by atoms with van der Waals surface area (Å²) in [6, 6.07) is 0. The topological polar surface area (TPSA) is 0 Å². The Morgan fingerprint density at radius 3 is 2.09 bits per heavy atom. The van der Waals surface area contributed by atoms with E-state index < -0.39 is 0 Å². The van der Waals surface area contributed by atoms with Crippen LogP contribution in [0.15, 0.2) is 0 Å². The molecule has 0 saturated heterocycles. The first-order valence-electron chi connectivity index (χ1n) is 4.80. The zero-order valence-electron chi connectivity index (χ0n) is 8.07. The third-order valence-electron chi connectivity index (χ3n) is 2.56. The van der Waals surface area contributed by atoms with Gasteiger partial charge in [0.1, 0.15) is 0 Å². The van der Waals surface area contributed by atoms with Crippen LogP contribution < -0.4 is 0 Å². The van der Waals surface area contributed by atoms with Crippen molar-refractivity contribution >= 4 is 15.9 Å². The number of rotatable bonds is 6. The highest BCUT2D eigenvalue weighted by molar-refractivity contribution is 9.09. The van der Waals surface area contributed by atoms with E-state index in [9.17, 15) is 0 Å². The average Bonchev–Trinajstić information content (AvgIpc) is 2.06. The molecule has 0 aromatic carbocycles. The molecule has 11 heavy (non-hydrogen) atoms. The van der Waals surface area contributed by atoms with Gasteiger partial charge in [0.05, 0.1) is 0 Å². The molecule has 0 aliphatic carbocycles. The third-order valence-corrected chi connectivity index (χ3v) is 3.48. The molecular weight excluding hydrogens is 200 g/mol. The number of hydrogen-bond acceptors (Lipinski definition) is 0. The minimum Gasteiger partial charge on any atom is -0.0925 e. The van der Waals surface area contributed by atoms with Gasteiger partial charge in [-0.2, -0.15) is 0 Å². The standard InChI is InChI=1S/C10H21Br/c1-4-9(3)6-7-10(5-2)8-11/h9-10H,4-8H2,1-3H3. The Morgan fingerprint density at radius 2 is 1.73 bits per heavy atom. The van der Waals surface area contributed by atoms with Gasteiger partial charge >= 0.3 is 0 Å². The second kappa shape index (κ2) is 7.15. The normalized spacial score (nSPS) is 16.4. The van der Waals surface area contributed by atoms with Gasteiger partial charge in [0.25, 0.3) is 0 Å². The van der Waals surface area contributed by atoms with Crippen molar-refractivity contribution < 1.29 is 0 Å². The highest BCUT2D eigenvalue weighted by Gasteiger charge is 2.06. The molecule has 68 valence electrons. The van der Waals surface area contributed by atoms with E-state index in [1.165, 1.54) is 31.0 Å². The molecule has 0 bridgehead atoms. The lowest BCUT2D eigenvalue weighted by Gasteiger charge is -2.13. The van der Waals surface area contributed by atoms with Crippen molar-refractivity contribution in [2.24, 2.45) is 11.8 Å². The molecule has 0 nitrogen and oxygen atoms in total. The lowest BCUT2D eigenvalue weighted by atomic mass is 9.95. The zero-order valence-corrected chi connectivity index (χ0v) is 9.65. The van der Waals surface area contributed by atoms with Gasteiger partial charge in [0.15, 0.2) is 0 Å². The predicted molar refractivity (Wildman–Crippen MR) is 56.3 cm³/mol. The van der Waals surface area contributed by atoms with Crippen molar-refractivity contribution in [3.05, 3.63) is 0 Å². The summed E-state index contributed by atoms with van der Waals surface area (Å²) in [5.41, 5.74) is 0. The van der Waals surface area contributed by atoms with E-state index >= 15 is 0 Å². The predicted octanol–water partition coefficient (Wildman–Crippen LogP) is 4.23. The molecule has 0 aromatic rings. The highest BCUT2D eigenvalue weighted by Crippen LogP contribution is 2.18. The second-order valence-corrected chi connectivity index (χ2v) is 4.17. The van der Waals surface area contributed by atoms with Gasteiger partial charge in [-0.05, 0) is 18.3 Å². The fourth-order valence-electron chi connectivity index (χ4n) is 1.11. The monoisotopic (exact) mass is 220 g/mol. The number of alkyl halides is 1. The summed E-state index contributed by atoms with van der Waals surface area (Å²) in [7, 11) is 0. The molecule has 0 radical (unpaired) electrons. The Balaban J connectivity index is 3.34. The first kappa shape index (κ1) is 11.5. The number of halogens is 1. The fraction of sp³-hybridized carbons (Fsp3) is 1.00. The summed E-state index contributed by atoms with van der Waals surface area (Å²) in [6.45, 7) is 6.91. The van der Waals surface area contributed by atoms with Gasteiger partial charge in [-0.1, -0.05) is 56.0 Å². The molecule has 0 fully saturated rings. The molecule has 0 amide bonds. The van der Waals surface area contributed by atoms with Crippen LogP contribution in [0.1, 0.15) is 46.5 Å². The third kappa shape index (κ3) is 5.72. The van der Waals surface area contributed by atoms with Gasteiger partial charge in [-0.3, -0.25) is 0 Å². The van der Waals surface area contributed by atoms with E-state index in [0.29, 0.717) is 0 Å². The van der Waals surface area contributed by atoms with E-state index in [2.05, 4.69) is 36.7 Å². The van der Waals surface area contributed by atoms with Crippen LogP contribution in [-0.4, -0.2) is 5.33 Å². The zero-order chi connectivity index (χ0) is 8.69. The molecule has 1 heteroatoms. The summed E-state index contributed by atoms with van der Waals surface area (Å²) in [4.78, 5) is 0. The second-order valence-electron chi connectivity index (χ2n) is 3.52. The van der Waals surface area contributed by atoms with Crippen LogP contribution in [0.2, 0.25) is 0 Å². The van der Waals surface area contributed by atoms with E-state index in [-0.39, 0.29) is 0 Å². The van der Waals surface area contributed by atoms with Crippen LogP contribution in [0.5, 0.6) is 0 Å². The summed E-state index contributed by atoms with van der Waals surface area (Å²) in [5, 5.41) is 1.18. The first-order valence-corrected chi connectivity index (χ1v) is 5.92. The van der Waals surface area contributed by atoms with Crippen LogP contribution in [0.3, 0.4) is 0 Å². The molecule has 0 saturated carbocycles. The van der Waals surface area contributed by atoms with Gasteiger partial charge in [-0.15, -0.1) is 0 Å². The Morgan fingerprint density at radius 1 is 1.09 bits per heavy atom. The summed E-state index contributed by atoms with van der Waals surface area (Å²) < 4.78 is 0. The van der Waals surface area contributed by atoms with E-state index in [1.807, 2.05) is 0 Å². The Hall–Kier alpha value is 0.480. The maximum Gasteiger partial charge on any atom is 0.00595 e.